The van der Waals surface area contributed by atoms with Crippen LogP contribution in [0.1, 0.15) is 36.3 Å². The molecule has 1 saturated carbocycles. The molecule has 1 heterocycles. The maximum atomic E-state index is 14.2. The van der Waals surface area contributed by atoms with Crippen molar-refractivity contribution in [2.45, 2.75) is 38.0 Å². The van der Waals surface area contributed by atoms with Crippen molar-refractivity contribution in [1.82, 2.24) is 10.2 Å². The number of nitrogens with zero attached hydrogens (tertiary/aromatic N) is 2. The SMILES string of the molecule is Cc1nnc(NC(=O)C2(c3ccccc3F)CCCC2)s1. The van der Waals surface area contributed by atoms with Crippen molar-refractivity contribution < 1.29 is 9.18 Å². The van der Waals surface area contributed by atoms with E-state index in [1.54, 1.807) is 18.2 Å². The number of carbonyl (C=O) groups excluding carboxylic acids is 1. The van der Waals surface area contributed by atoms with E-state index in [0.29, 0.717) is 23.5 Å². The number of hydrogen-bond donors (Lipinski definition) is 1. The molecule has 6 heteroatoms. The number of anilines is 1. The monoisotopic (exact) mass is 305 g/mol. The van der Waals surface area contributed by atoms with Gasteiger partial charge in [-0.3, -0.25) is 10.1 Å². The maximum absolute atomic E-state index is 14.2. The fraction of sp³-hybridized carbons (Fsp3) is 0.400. The second kappa shape index (κ2) is 5.52. The predicted molar refractivity (Wildman–Crippen MR) is 79.8 cm³/mol. The lowest BCUT2D eigenvalue weighted by molar-refractivity contribution is -0.121. The van der Waals surface area contributed by atoms with Crippen LogP contribution in [0.25, 0.3) is 0 Å². The van der Waals surface area contributed by atoms with Gasteiger partial charge in [0.05, 0.1) is 5.41 Å². The zero-order valence-electron chi connectivity index (χ0n) is 11.7. The fourth-order valence-corrected chi connectivity index (χ4v) is 3.60. The lowest BCUT2D eigenvalue weighted by atomic mass is 9.77. The highest BCUT2D eigenvalue weighted by Gasteiger charge is 2.44. The molecule has 0 bridgehead atoms. The van der Waals surface area contributed by atoms with Gasteiger partial charge in [0.25, 0.3) is 0 Å². The number of nitrogens with one attached hydrogen (secondary N) is 1. The molecule has 0 aliphatic heterocycles. The van der Waals surface area contributed by atoms with Crippen molar-refractivity contribution in [2.24, 2.45) is 0 Å². The minimum absolute atomic E-state index is 0.179. The average Bonchev–Trinajstić information content (AvgIpc) is 3.09. The Morgan fingerprint density at radius 3 is 2.62 bits per heavy atom. The second-order valence-corrected chi connectivity index (χ2v) is 6.53. The molecule has 0 unspecified atom stereocenters. The minimum atomic E-state index is -0.787. The van der Waals surface area contributed by atoms with Crippen molar-refractivity contribution in [1.29, 1.82) is 0 Å². The summed E-state index contributed by atoms with van der Waals surface area (Å²) in [4.78, 5) is 12.8. The number of amides is 1. The third-order valence-corrected chi connectivity index (χ3v) is 4.78. The van der Waals surface area contributed by atoms with E-state index in [9.17, 15) is 9.18 Å². The van der Waals surface area contributed by atoms with E-state index in [-0.39, 0.29) is 11.7 Å². The van der Waals surface area contributed by atoms with E-state index < -0.39 is 5.41 Å². The van der Waals surface area contributed by atoms with Gasteiger partial charge in [-0.2, -0.15) is 0 Å². The van der Waals surface area contributed by atoms with E-state index in [1.807, 2.05) is 6.92 Å². The summed E-state index contributed by atoms with van der Waals surface area (Å²) in [5, 5.41) is 11.9. The summed E-state index contributed by atoms with van der Waals surface area (Å²) in [5.74, 6) is -0.496. The highest BCUT2D eigenvalue weighted by molar-refractivity contribution is 7.15. The Morgan fingerprint density at radius 2 is 2.00 bits per heavy atom. The Bertz CT molecular complexity index is 664. The van der Waals surface area contributed by atoms with Gasteiger partial charge in [0.2, 0.25) is 11.0 Å². The molecular formula is C15H16FN3OS. The standard InChI is InChI=1S/C15H16FN3OS/c1-10-18-19-14(21-10)17-13(20)15(8-4-5-9-15)11-6-2-3-7-12(11)16/h2-3,6-7H,4-5,8-9H2,1H3,(H,17,19,20). The van der Waals surface area contributed by atoms with Crippen LogP contribution < -0.4 is 5.32 Å². The van der Waals surface area contributed by atoms with E-state index in [2.05, 4.69) is 15.5 Å². The molecule has 0 radical (unpaired) electrons. The second-order valence-electron chi connectivity index (χ2n) is 5.35. The van der Waals surface area contributed by atoms with Crippen LogP contribution in [0.5, 0.6) is 0 Å². The Labute approximate surface area is 126 Å². The Hall–Kier alpha value is -1.82. The third-order valence-electron chi connectivity index (χ3n) is 4.03. The normalized spacial score (nSPS) is 16.9. The first-order chi connectivity index (χ1) is 10.1. The van der Waals surface area contributed by atoms with E-state index >= 15 is 0 Å². The van der Waals surface area contributed by atoms with Crippen LogP contribution in [0.15, 0.2) is 24.3 Å². The molecule has 1 aromatic carbocycles. The van der Waals surface area contributed by atoms with Gasteiger partial charge in [-0.15, -0.1) is 10.2 Å². The van der Waals surface area contributed by atoms with Gasteiger partial charge in [-0.05, 0) is 25.8 Å². The fourth-order valence-electron chi connectivity index (χ4n) is 3.01. The predicted octanol–water partition coefficient (Wildman–Crippen LogP) is 3.44. The highest BCUT2D eigenvalue weighted by atomic mass is 32.1. The van der Waals surface area contributed by atoms with Gasteiger partial charge in [-0.1, -0.05) is 42.4 Å². The van der Waals surface area contributed by atoms with Crippen LogP contribution in [0.2, 0.25) is 0 Å². The van der Waals surface area contributed by atoms with Gasteiger partial charge < -0.3 is 0 Å². The van der Waals surface area contributed by atoms with Crippen LogP contribution in [0.4, 0.5) is 9.52 Å². The topological polar surface area (TPSA) is 54.9 Å². The zero-order valence-corrected chi connectivity index (χ0v) is 12.5. The van der Waals surface area contributed by atoms with Gasteiger partial charge >= 0.3 is 0 Å². The zero-order chi connectivity index (χ0) is 14.9. The molecule has 0 saturated heterocycles. The summed E-state index contributed by atoms with van der Waals surface area (Å²) in [6.07, 6.45) is 3.18. The van der Waals surface area contributed by atoms with Crippen molar-refractivity contribution in [3.8, 4) is 0 Å². The molecule has 0 atom stereocenters. The summed E-state index contributed by atoms with van der Waals surface area (Å²) in [5.41, 5.74) is -0.300. The summed E-state index contributed by atoms with van der Waals surface area (Å²) in [6.45, 7) is 1.83. The van der Waals surface area contributed by atoms with Crippen molar-refractivity contribution in [3.05, 3.63) is 40.7 Å². The molecule has 1 aromatic heterocycles. The average molecular weight is 305 g/mol. The first-order valence-electron chi connectivity index (χ1n) is 6.98. The van der Waals surface area contributed by atoms with Crippen molar-refractivity contribution in [3.63, 3.8) is 0 Å². The Kier molecular flexibility index (Phi) is 3.71. The van der Waals surface area contributed by atoms with Crippen molar-refractivity contribution >= 4 is 22.4 Å². The van der Waals surface area contributed by atoms with Crippen LogP contribution in [0, 0.1) is 12.7 Å². The van der Waals surface area contributed by atoms with Crippen LogP contribution in [0.3, 0.4) is 0 Å². The minimum Gasteiger partial charge on any atom is -0.300 e. The molecular weight excluding hydrogens is 289 g/mol. The number of aryl methyl sites for hydroxylation is 1. The Balaban J connectivity index is 1.94. The first-order valence-corrected chi connectivity index (χ1v) is 7.80. The molecule has 21 heavy (non-hydrogen) atoms. The quantitative estimate of drug-likeness (QED) is 0.945. The molecule has 110 valence electrons. The van der Waals surface area contributed by atoms with Gasteiger partial charge in [0.15, 0.2) is 0 Å². The summed E-state index contributed by atoms with van der Waals surface area (Å²) < 4.78 is 14.2. The first kappa shape index (κ1) is 14.1. The molecule has 1 aliphatic rings. The molecule has 3 rings (SSSR count). The van der Waals surface area contributed by atoms with E-state index in [1.165, 1.54) is 17.4 Å². The van der Waals surface area contributed by atoms with E-state index in [4.69, 9.17) is 0 Å². The smallest absolute Gasteiger partial charge is 0.236 e. The maximum Gasteiger partial charge on any atom is 0.236 e. The van der Waals surface area contributed by atoms with Crippen LogP contribution >= 0.6 is 11.3 Å². The Morgan fingerprint density at radius 1 is 1.29 bits per heavy atom. The molecule has 1 aliphatic carbocycles. The number of aromatic nitrogens is 2. The summed E-state index contributed by atoms with van der Waals surface area (Å²) >= 11 is 1.33. The molecule has 1 fully saturated rings. The molecule has 2 aromatic rings. The van der Waals surface area contributed by atoms with Gasteiger partial charge in [0, 0.05) is 5.56 Å². The highest BCUT2D eigenvalue weighted by Crippen LogP contribution is 2.43. The third kappa shape index (κ3) is 2.55. The molecule has 4 nitrogen and oxygen atoms in total. The number of rotatable bonds is 3. The largest absolute Gasteiger partial charge is 0.300 e. The lowest BCUT2D eigenvalue weighted by Crippen LogP contribution is -2.38. The number of hydrogen-bond acceptors (Lipinski definition) is 4. The molecule has 1 amide bonds. The molecule has 1 N–H and O–H groups in total. The summed E-state index contributed by atoms with van der Waals surface area (Å²) in [6, 6.07) is 6.55. The molecule has 0 spiro atoms. The van der Waals surface area contributed by atoms with Gasteiger partial charge in [0.1, 0.15) is 10.8 Å². The lowest BCUT2D eigenvalue weighted by Gasteiger charge is -2.28. The number of halogens is 1. The summed E-state index contributed by atoms with van der Waals surface area (Å²) in [7, 11) is 0. The number of carbonyl (C=O) groups is 1. The van der Waals surface area contributed by atoms with Crippen molar-refractivity contribution in [2.75, 3.05) is 5.32 Å². The van der Waals surface area contributed by atoms with E-state index in [0.717, 1.165) is 17.8 Å². The van der Waals surface area contributed by atoms with Crippen LogP contribution in [-0.4, -0.2) is 16.1 Å². The van der Waals surface area contributed by atoms with Gasteiger partial charge in [-0.25, -0.2) is 4.39 Å². The number of benzene rings is 1. The van der Waals surface area contributed by atoms with Crippen LogP contribution in [-0.2, 0) is 10.2 Å².